The summed E-state index contributed by atoms with van der Waals surface area (Å²) in [5, 5.41) is 9.90. The maximum Gasteiger partial charge on any atom is 0.0943 e. The van der Waals surface area contributed by atoms with Crippen LogP contribution >= 0.6 is 0 Å². The third kappa shape index (κ3) is 11.4. The summed E-state index contributed by atoms with van der Waals surface area (Å²) in [6.45, 7) is 24.2. The third-order valence-electron chi connectivity index (χ3n) is 10.6. The Morgan fingerprint density at radius 1 is 1.02 bits per heavy atom. The molecule has 0 spiro atoms. The molecule has 2 atom stereocenters. The van der Waals surface area contributed by atoms with Crippen LogP contribution in [0.3, 0.4) is 0 Å². The van der Waals surface area contributed by atoms with Crippen LogP contribution in [0, 0.1) is 28.6 Å². The van der Waals surface area contributed by atoms with Crippen molar-refractivity contribution in [1.29, 1.82) is 5.26 Å². The molecular weight excluding hydrogens is 597 g/mol. The van der Waals surface area contributed by atoms with Crippen LogP contribution in [0.1, 0.15) is 98.0 Å². The number of benzene rings is 1. The Morgan fingerprint density at radius 2 is 1.76 bits per heavy atom. The molecule has 0 fully saturated rings. The first-order valence-electron chi connectivity index (χ1n) is 18.0. The minimum Gasteiger partial charge on any atom is -0.399 e. The predicted octanol–water partition coefficient (Wildman–Crippen LogP) is 11.3. The number of rotatable bonds is 17. The third-order valence-corrected chi connectivity index (χ3v) is 10.6. The van der Waals surface area contributed by atoms with Gasteiger partial charge in [0.2, 0.25) is 0 Å². The Balaban J connectivity index is 1.90. The molecule has 0 aromatic heterocycles. The van der Waals surface area contributed by atoms with E-state index in [0.717, 1.165) is 103 Å². The topological polar surface area (TPSA) is 74.5 Å². The zero-order valence-electron chi connectivity index (χ0n) is 31.2. The van der Waals surface area contributed by atoms with Crippen LogP contribution in [0.15, 0.2) is 135 Å². The molecule has 4 heteroatoms. The molecule has 49 heavy (non-hydrogen) atoms. The van der Waals surface area contributed by atoms with Crippen molar-refractivity contribution in [2.45, 2.75) is 98.8 Å². The number of hydrogen-bond donors (Lipinski definition) is 1. The zero-order valence-corrected chi connectivity index (χ0v) is 31.2. The van der Waals surface area contributed by atoms with Crippen LogP contribution in [0.4, 0.5) is 0 Å². The summed E-state index contributed by atoms with van der Waals surface area (Å²) in [5.74, 6) is 0.862. The van der Waals surface area contributed by atoms with Gasteiger partial charge in [0, 0.05) is 36.3 Å². The molecule has 0 amide bonds. The van der Waals surface area contributed by atoms with Gasteiger partial charge in [0.25, 0.3) is 0 Å². The van der Waals surface area contributed by atoms with E-state index in [0.29, 0.717) is 18.4 Å². The second kappa shape index (κ2) is 19.1. The van der Waals surface area contributed by atoms with Gasteiger partial charge >= 0.3 is 0 Å². The van der Waals surface area contributed by atoms with Gasteiger partial charge in [0.15, 0.2) is 0 Å². The molecule has 0 heterocycles. The first-order valence-corrected chi connectivity index (χ1v) is 18.0. The van der Waals surface area contributed by atoms with E-state index in [1.54, 1.807) is 5.57 Å². The summed E-state index contributed by atoms with van der Waals surface area (Å²) in [7, 11) is 1.88. The molecule has 0 saturated carbocycles. The highest BCUT2D eigenvalue weighted by Crippen LogP contribution is 2.53. The molecule has 1 aromatic rings. The van der Waals surface area contributed by atoms with Crippen molar-refractivity contribution in [3.8, 4) is 6.07 Å². The summed E-state index contributed by atoms with van der Waals surface area (Å²) in [6.07, 6.45) is 19.4. The van der Waals surface area contributed by atoms with Gasteiger partial charge in [0.05, 0.1) is 6.07 Å². The summed E-state index contributed by atoms with van der Waals surface area (Å²) in [6, 6.07) is 13.0. The number of aryl methyl sites for hydroxylation is 1. The van der Waals surface area contributed by atoms with Gasteiger partial charge in [0.1, 0.15) is 0 Å². The van der Waals surface area contributed by atoms with E-state index >= 15 is 0 Å². The largest absolute Gasteiger partial charge is 0.399 e. The van der Waals surface area contributed by atoms with Crippen LogP contribution in [-0.2, 0) is 6.42 Å². The van der Waals surface area contributed by atoms with Crippen molar-refractivity contribution < 1.29 is 0 Å². The van der Waals surface area contributed by atoms with E-state index in [2.05, 4.69) is 88.8 Å². The number of allylic oxidation sites excluding steroid dienone is 11. The van der Waals surface area contributed by atoms with Crippen LogP contribution in [0.2, 0.25) is 0 Å². The lowest BCUT2D eigenvalue weighted by Crippen LogP contribution is -2.34. The molecule has 2 aliphatic rings. The molecule has 260 valence electrons. The van der Waals surface area contributed by atoms with Gasteiger partial charge in [-0.15, -0.1) is 0 Å². The highest BCUT2D eigenvalue weighted by atomic mass is 14.7. The Bertz CT molecular complexity index is 1610. The normalized spacial score (nSPS) is 20.3. The van der Waals surface area contributed by atoms with Gasteiger partial charge in [-0.3, -0.25) is 9.98 Å². The Morgan fingerprint density at radius 3 is 2.41 bits per heavy atom. The van der Waals surface area contributed by atoms with Gasteiger partial charge in [-0.1, -0.05) is 111 Å². The average Bonchev–Trinajstić information content (AvgIpc) is 3.30. The minimum atomic E-state index is 0.0789. The Labute approximate surface area is 298 Å². The number of nitrogens with two attached hydrogens (primary N) is 1. The summed E-state index contributed by atoms with van der Waals surface area (Å²) in [5.41, 5.74) is 19.3. The van der Waals surface area contributed by atoms with Crippen LogP contribution in [0.25, 0.3) is 0 Å². The first kappa shape index (κ1) is 39.2. The lowest BCUT2D eigenvalue weighted by molar-refractivity contribution is 0.194. The molecule has 0 aliphatic heterocycles. The number of aliphatic imine (C=N–C) groups is 2. The summed E-state index contributed by atoms with van der Waals surface area (Å²) in [4.78, 5) is 9.71. The second-order valence-electron chi connectivity index (χ2n) is 14.5. The fourth-order valence-corrected chi connectivity index (χ4v) is 7.34. The molecular formula is C45H60N4. The van der Waals surface area contributed by atoms with Gasteiger partial charge in [-0.05, 0) is 125 Å². The SMILES string of the molecule is C=C/C=C(CCc1ccccc1)/C(N)=C(/C)CCC(=NCCC1=C(CCC(C)=NC)C(C)(C)C2CCC(C#N)=CC1C2)C(=C)/C=C\C(=C)C. The molecule has 4 nitrogen and oxygen atoms in total. The Kier molecular flexibility index (Phi) is 15.3. The van der Waals surface area contributed by atoms with Crippen molar-refractivity contribution in [3.63, 3.8) is 0 Å². The lowest BCUT2D eigenvalue weighted by atomic mass is 9.60. The molecule has 2 bridgehead atoms. The molecule has 1 aromatic carbocycles. The average molecular weight is 657 g/mol. The molecule has 3 rings (SSSR count). The van der Waals surface area contributed by atoms with Crippen molar-refractivity contribution in [3.05, 3.63) is 131 Å². The van der Waals surface area contributed by atoms with Crippen molar-refractivity contribution in [2.24, 2.45) is 33.0 Å². The molecule has 0 radical (unpaired) electrons. The minimum absolute atomic E-state index is 0.0789. The van der Waals surface area contributed by atoms with E-state index < -0.39 is 0 Å². The van der Waals surface area contributed by atoms with Crippen molar-refractivity contribution >= 4 is 11.4 Å². The number of fused-ring (bicyclic) bond motifs is 2. The second-order valence-corrected chi connectivity index (χ2v) is 14.5. The number of nitrogens with zero attached hydrogens (tertiary/aromatic N) is 3. The van der Waals surface area contributed by atoms with Gasteiger partial charge in [-0.25, -0.2) is 0 Å². The molecule has 2 unspecified atom stereocenters. The van der Waals surface area contributed by atoms with Gasteiger partial charge < -0.3 is 5.73 Å². The smallest absolute Gasteiger partial charge is 0.0943 e. The van der Waals surface area contributed by atoms with E-state index in [1.807, 2.05) is 44.3 Å². The van der Waals surface area contributed by atoms with Crippen molar-refractivity contribution in [2.75, 3.05) is 13.6 Å². The molecule has 2 N–H and O–H groups in total. The van der Waals surface area contributed by atoms with Crippen LogP contribution < -0.4 is 5.73 Å². The fraction of sp³-hybridized carbons (Fsp3) is 0.444. The number of hydrogen-bond acceptors (Lipinski definition) is 4. The van der Waals surface area contributed by atoms with E-state index in [-0.39, 0.29) is 5.41 Å². The maximum absolute atomic E-state index is 9.90. The lowest BCUT2D eigenvalue weighted by Gasteiger charge is -2.45. The van der Waals surface area contributed by atoms with Crippen LogP contribution in [0.5, 0.6) is 0 Å². The van der Waals surface area contributed by atoms with E-state index in [1.165, 1.54) is 16.8 Å². The van der Waals surface area contributed by atoms with Crippen LogP contribution in [-0.4, -0.2) is 25.0 Å². The quantitative estimate of drug-likeness (QED) is 0.103. The first-order chi connectivity index (χ1) is 23.4. The fourth-order valence-electron chi connectivity index (χ4n) is 7.34. The predicted molar refractivity (Wildman–Crippen MR) is 213 cm³/mol. The standard InChI is InChI=1S/C45H60N4/c1-10-14-38(23-21-36-15-12-11-13-16-36)44(47)34(5)19-26-43(33(4)18-17-32(2)3)49-28-27-41-39-29-37(31-46)22-24-40(30-39)45(7,8)42(41)25-20-35(6)48-9/h10-18,29,39-40H,1-2,4,19-28,30,47H2,3,5-9H3/b18-17-,38-14+,44-34+,48-35?,49-43?. The highest BCUT2D eigenvalue weighted by molar-refractivity contribution is 6.02. The van der Waals surface area contributed by atoms with Crippen molar-refractivity contribution in [1.82, 2.24) is 0 Å². The van der Waals surface area contributed by atoms with E-state index in [4.69, 9.17) is 10.7 Å². The maximum atomic E-state index is 9.90. The van der Waals surface area contributed by atoms with E-state index in [9.17, 15) is 5.26 Å². The summed E-state index contributed by atoms with van der Waals surface area (Å²) >= 11 is 0. The Hall–Kier alpha value is -4.23. The molecule has 0 saturated heterocycles. The number of nitriles is 1. The molecule has 2 aliphatic carbocycles. The zero-order chi connectivity index (χ0) is 36.0. The van der Waals surface area contributed by atoms with Gasteiger partial charge in [-0.2, -0.15) is 5.26 Å². The summed E-state index contributed by atoms with van der Waals surface area (Å²) < 4.78 is 0. The monoisotopic (exact) mass is 656 g/mol. The highest BCUT2D eigenvalue weighted by Gasteiger charge is 2.42.